The van der Waals surface area contributed by atoms with Crippen molar-refractivity contribution in [2.45, 2.75) is 37.1 Å². The summed E-state index contributed by atoms with van der Waals surface area (Å²) in [5.74, 6) is 2.96. The van der Waals surface area contributed by atoms with Crippen molar-refractivity contribution in [3.05, 3.63) is 35.8 Å². The van der Waals surface area contributed by atoms with Crippen LogP contribution in [-0.2, 0) is 0 Å². The number of rotatable bonds is 5. The molecule has 3 aromatic rings. The van der Waals surface area contributed by atoms with Gasteiger partial charge in [-0.3, -0.25) is 4.68 Å². The maximum atomic E-state index is 6.25. The molecular formula is C21H26N6O2. The van der Waals surface area contributed by atoms with Gasteiger partial charge in [-0.2, -0.15) is 5.10 Å². The third kappa shape index (κ3) is 3.07. The third-order valence-corrected chi connectivity index (χ3v) is 6.29. The fraction of sp³-hybridized carbons (Fsp3) is 0.476. The summed E-state index contributed by atoms with van der Waals surface area (Å²) in [5, 5.41) is 8.41. The van der Waals surface area contributed by atoms with Gasteiger partial charge in [0, 0.05) is 18.5 Å². The van der Waals surface area contributed by atoms with Crippen LogP contribution >= 0.6 is 0 Å². The van der Waals surface area contributed by atoms with Crippen LogP contribution in [0.25, 0.3) is 11.0 Å². The van der Waals surface area contributed by atoms with Crippen LogP contribution in [0, 0.1) is 0 Å². The third-order valence-electron chi connectivity index (χ3n) is 6.29. The number of nitrogens with one attached hydrogen (secondary N) is 1. The van der Waals surface area contributed by atoms with Gasteiger partial charge < -0.3 is 20.5 Å². The molecule has 3 heterocycles. The maximum absolute atomic E-state index is 6.25. The number of methoxy groups -OCH3 is 2. The van der Waals surface area contributed by atoms with Gasteiger partial charge in [0.2, 0.25) is 0 Å². The van der Waals surface area contributed by atoms with E-state index in [1.807, 2.05) is 6.07 Å². The van der Waals surface area contributed by atoms with Crippen molar-refractivity contribution in [2.75, 3.05) is 33.0 Å². The summed E-state index contributed by atoms with van der Waals surface area (Å²) in [6.45, 7) is 1.95. The molecule has 1 aliphatic carbocycles. The summed E-state index contributed by atoms with van der Waals surface area (Å²) in [4.78, 5) is 8.76. The highest BCUT2D eigenvalue weighted by Crippen LogP contribution is 2.47. The fourth-order valence-electron chi connectivity index (χ4n) is 4.57. The van der Waals surface area contributed by atoms with Crippen LogP contribution in [-0.4, -0.2) is 47.1 Å². The van der Waals surface area contributed by atoms with E-state index in [1.54, 1.807) is 20.5 Å². The van der Waals surface area contributed by atoms with E-state index in [0.29, 0.717) is 17.7 Å². The number of hydrogen-bond acceptors (Lipinski definition) is 7. The van der Waals surface area contributed by atoms with Crippen molar-refractivity contribution in [3.63, 3.8) is 0 Å². The topological polar surface area (TPSA) is 100 Å². The van der Waals surface area contributed by atoms with Crippen molar-refractivity contribution in [3.8, 4) is 11.5 Å². The summed E-state index contributed by atoms with van der Waals surface area (Å²) in [5.41, 5.74) is 10.3. The first-order valence-electron chi connectivity index (χ1n) is 10.1. The van der Waals surface area contributed by atoms with Gasteiger partial charge in [0.1, 0.15) is 28.9 Å². The Morgan fingerprint density at radius 1 is 1.07 bits per heavy atom. The number of nitrogens with zero attached hydrogens (tertiary/aromatic N) is 4. The Kier molecular flexibility index (Phi) is 4.50. The molecule has 3 N–H and O–H groups in total. The Balaban J connectivity index is 1.45. The molecule has 152 valence electrons. The Morgan fingerprint density at radius 3 is 2.48 bits per heavy atom. The van der Waals surface area contributed by atoms with Crippen LogP contribution in [0.5, 0.6) is 11.5 Å². The number of anilines is 1. The minimum absolute atomic E-state index is 0.288. The van der Waals surface area contributed by atoms with Gasteiger partial charge in [-0.15, -0.1) is 0 Å². The van der Waals surface area contributed by atoms with E-state index in [9.17, 15) is 0 Å². The lowest BCUT2D eigenvalue weighted by atomic mass is 9.75. The predicted octanol–water partition coefficient (Wildman–Crippen LogP) is 2.62. The first-order chi connectivity index (χ1) is 14.2. The molecule has 8 heteroatoms. The highest BCUT2D eigenvalue weighted by atomic mass is 16.5. The zero-order chi connectivity index (χ0) is 20.0. The molecule has 0 radical (unpaired) electrons. The van der Waals surface area contributed by atoms with Crippen molar-refractivity contribution in [1.82, 2.24) is 25.1 Å². The first-order valence-corrected chi connectivity index (χ1v) is 10.1. The van der Waals surface area contributed by atoms with Gasteiger partial charge >= 0.3 is 0 Å². The molecule has 1 aliphatic heterocycles. The summed E-state index contributed by atoms with van der Waals surface area (Å²) in [6, 6.07) is 6.38. The van der Waals surface area contributed by atoms with E-state index in [4.69, 9.17) is 20.3 Å². The predicted molar refractivity (Wildman–Crippen MR) is 111 cm³/mol. The molecule has 0 spiro atoms. The molecule has 1 unspecified atom stereocenters. The zero-order valence-electron chi connectivity index (χ0n) is 16.8. The molecule has 1 aromatic carbocycles. The van der Waals surface area contributed by atoms with Gasteiger partial charge in [-0.05, 0) is 49.4 Å². The molecular weight excluding hydrogens is 368 g/mol. The highest BCUT2D eigenvalue weighted by molar-refractivity contribution is 5.86. The number of ether oxygens (including phenoxy) is 2. The van der Waals surface area contributed by atoms with Crippen LogP contribution in [0.1, 0.15) is 48.4 Å². The number of aromatic nitrogens is 4. The second-order valence-electron chi connectivity index (χ2n) is 7.94. The number of nitrogens with two attached hydrogens (primary N) is 1. The monoisotopic (exact) mass is 394 g/mol. The van der Waals surface area contributed by atoms with Crippen molar-refractivity contribution in [2.24, 2.45) is 0 Å². The van der Waals surface area contributed by atoms with E-state index in [2.05, 4.69) is 32.1 Å². The van der Waals surface area contributed by atoms with Gasteiger partial charge in [-0.1, -0.05) is 0 Å². The lowest BCUT2D eigenvalue weighted by Gasteiger charge is -2.36. The molecule has 2 aliphatic rings. The molecule has 2 fully saturated rings. The molecule has 0 amide bonds. The Hall–Kier alpha value is -2.87. The van der Waals surface area contributed by atoms with Crippen LogP contribution < -0.4 is 20.5 Å². The number of nitrogen functional groups attached to an aromatic ring is 1. The van der Waals surface area contributed by atoms with Crippen LogP contribution in [0.2, 0.25) is 0 Å². The lowest BCUT2D eigenvalue weighted by molar-refractivity contribution is 0.249. The number of hydrogen-bond donors (Lipinski definition) is 2. The molecule has 8 nitrogen and oxygen atoms in total. The lowest BCUT2D eigenvalue weighted by Crippen LogP contribution is -2.26. The smallest absolute Gasteiger partial charge is 0.153 e. The summed E-state index contributed by atoms with van der Waals surface area (Å²) < 4.78 is 12.9. The molecule has 2 aromatic heterocycles. The standard InChI is InChI=1S/C21H26N6O2/c1-28-16-7-14(8-17(9-16)29-2)13-5-15(6-13)27-20-19(24-11-25-21(20)22)18(26-27)12-3-4-23-10-12/h7-9,11-13,15,23H,3-6,10H2,1-2H3,(H2,22,24,25). The molecule has 0 bridgehead atoms. The van der Waals surface area contributed by atoms with E-state index in [1.165, 1.54) is 5.56 Å². The van der Waals surface area contributed by atoms with Crippen molar-refractivity contribution >= 4 is 16.9 Å². The van der Waals surface area contributed by atoms with Gasteiger partial charge in [-0.25, -0.2) is 9.97 Å². The number of fused-ring (bicyclic) bond motifs is 1. The Bertz CT molecular complexity index is 1010. The quantitative estimate of drug-likeness (QED) is 0.686. The Labute approximate surface area is 169 Å². The fourth-order valence-corrected chi connectivity index (χ4v) is 4.57. The molecule has 1 saturated carbocycles. The average molecular weight is 394 g/mol. The second-order valence-corrected chi connectivity index (χ2v) is 7.94. The summed E-state index contributed by atoms with van der Waals surface area (Å²) >= 11 is 0. The van der Waals surface area contributed by atoms with Crippen LogP contribution in [0.4, 0.5) is 5.82 Å². The Morgan fingerprint density at radius 2 is 1.83 bits per heavy atom. The van der Waals surface area contributed by atoms with Gasteiger partial charge in [0.15, 0.2) is 5.82 Å². The van der Waals surface area contributed by atoms with E-state index < -0.39 is 0 Å². The molecule has 1 saturated heterocycles. The molecule has 29 heavy (non-hydrogen) atoms. The van der Waals surface area contributed by atoms with Crippen LogP contribution in [0.15, 0.2) is 24.5 Å². The summed E-state index contributed by atoms with van der Waals surface area (Å²) in [7, 11) is 3.36. The largest absolute Gasteiger partial charge is 0.497 e. The maximum Gasteiger partial charge on any atom is 0.153 e. The van der Waals surface area contributed by atoms with E-state index >= 15 is 0 Å². The number of benzene rings is 1. The zero-order valence-corrected chi connectivity index (χ0v) is 16.8. The average Bonchev–Trinajstić information content (AvgIpc) is 3.35. The van der Waals surface area contributed by atoms with E-state index in [-0.39, 0.29) is 6.04 Å². The normalized spacial score (nSPS) is 23.9. The second kappa shape index (κ2) is 7.18. The molecule has 1 atom stereocenters. The highest BCUT2D eigenvalue weighted by Gasteiger charge is 2.36. The SMILES string of the molecule is COc1cc(OC)cc(C2CC(n3nc(C4CCNC4)c4ncnc(N)c43)C2)c1. The van der Waals surface area contributed by atoms with Gasteiger partial charge in [0.05, 0.1) is 26.0 Å². The minimum atomic E-state index is 0.288. The van der Waals surface area contributed by atoms with E-state index in [0.717, 1.165) is 60.6 Å². The molecule has 5 rings (SSSR count). The van der Waals surface area contributed by atoms with Gasteiger partial charge in [0.25, 0.3) is 0 Å². The van der Waals surface area contributed by atoms with Crippen molar-refractivity contribution in [1.29, 1.82) is 0 Å². The minimum Gasteiger partial charge on any atom is -0.497 e. The summed E-state index contributed by atoms with van der Waals surface area (Å²) in [6.07, 6.45) is 4.60. The van der Waals surface area contributed by atoms with Crippen molar-refractivity contribution < 1.29 is 9.47 Å². The first kappa shape index (κ1) is 18.2. The van der Waals surface area contributed by atoms with Crippen LogP contribution in [0.3, 0.4) is 0 Å².